The topological polar surface area (TPSA) is 46.5 Å². The lowest BCUT2D eigenvalue weighted by molar-refractivity contribution is -0.141. The van der Waals surface area contributed by atoms with Gasteiger partial charge in [-0.3, -0.25) is 4.79 Å². The second kappa shape index (κ2) is 16.9. The van der Waals surface area contributed by atoms with Crippen molar-refractivity contribution in [1.82, 2.24) is 0 Å². The summed E-state index contributed by atoms with van der Waals surface area (Å²) in [6, 6.07) is 0. The molecular weight excluding hydrogens is 348 g/mol. The van der Waals surface area contributed by atoms with E-state index in [4.69, 9.17) is 4.74 Å². The van der Waals surface area contributed by atoms with Gasteiger partial charge in [0.1, 0.15) is 0 Å². The minimum absolute atomic E-state index is 0.0176. The number of unbranched alkanes of at least 4 members (excludes halogenated alkanes) is 10. The van der Waals surface area contributed by atoms with Crippen LogP contribution in [0.5, 0.6) is 0 Å². The zero-order valence-corrected chi connectivity index (χ0v) is 18.5. The van der Waals surface area contributed by atoms with E-state index in [-0.39, 0.29) is 18.0 Å². The number of carbonyl (C=O) groups is 1. The van der Waals surface area contributed by atoms with Gasteiger partial charge in [-0.25, -0.2) is 0 Å². The van der Waals surface area contributed by atoms with Crippen LogP contribution in [-0.4, -0.2) is 23.8 Å². The molecule has 3 atom stereocenters. The quantitative estimate of drug-likeness (QED) is 0.187. The third kappa shape index (κ3) is 12.4. The number of cyclic esters (lactones) is 1. The Morgan fingerprint density at radius 3 is 2.18 bits per heavy atom. The van der Waals surface area contributed by atoms with E-state index < -0.39 is 0 Å². The lowest BCUT2D eigenvalue weighted by Gasteiger charge is -2.19. The molecule has 0 aliphatic carbocycles. The molecule has 0 spiro atoms. The number of hydrogen-bond donors (Lipinski definition) is 1. The van der Waals surface area contributed by atoms with Gasteiger partial charge < -0.3 is 9.84 Å². The number of ether oxygens (including phenoxy) is 1. The fraction of sp³-hybridized carbons (Fsp3) is 0.880. The van der Waals surface area contributed by atoms with E-state index in [9.17, 15) is 9.90 Å². The first-order valence-electron chi connectivity index (χ1n) is 12.0. The molecule has 1 rings (SSSR count). The van der Waals surface area contributed by atoms with Crippen molar-refractivity contribution in [3.63, 3.8) is 0 Å². The van der Waals surface area contributed by atoms with E-state index >= 15 is 0 Å². The summed E-state index contributed by atoms with van der Waals surface area (Å²) in [5.41, 5.74) is 0. The van der Waals surface area contributed by atoms with Gasteiger partial charge in [-0.2, -0.15) is 0 Å². The van der Waals surface area contributed by atoms with Crippen LogP contribution >= 0.6 is 0 Å². The van der Waals surface area contributed by atoms with Crippen molar-refractivity contribution in [2.75, 3.05) is 6.61 Å². The van der Waals surface area contributed by atoms with Crippen molar-refractivity contribution in [1.29, 1.82) is 0 Å². The first-order valence-corrected chi connectivity index (χ1v) is 12.0. The highest BCUT2D eigenvalue weighted by Crippen LogP contribution is 2.24. The Bertz CT molecular complexity index is 448. The lowest BCUT2D eigenvalue weighted by atomic mass is 9.91. The molecule has 3 unspecified atom stereocenters. The summed E-state index contributed by atoms with van der Waals surface area (Å²) in [6.07, 6.45) is 18.1. The Hall–Kier alpha value is -1.01. The number of rotatable bonds is 16. The lowest BCUT2D eigenvalue weighted by Crippen LogP contribution is -2.20. The Labute approximate surface area is 174 Å². The second-order valence-corrected chi connectivity index (χ2v) is 8.60. The van der Waals surface area contributed by atoms with E-state index in [2.05, 4.69) is 25.7 Å². The third-order valence-corrected chi connectivity index (χ3v) is 6.00. The molecule has 28 heavy (non-hydrogen) atoms. The number of aliphatic hydroxyl groups excluding tert-OH is 1. The van der Waals surface area contributed by atoms with Crippen molar-refractivity contribution in [3.8, 4) is 11.8 Å². The maximum absolute atomic E-state index is 11.5. The molecule has 1 saturated heterocycles. The monoisotopic (exact) mass is 392 g/mol. The molecule has 162 valence electrons. The van der Waals surface area contributed by atoms with E-state index in [1.165, 1.54) is 64.2 Å². The first-order chi connectivity index (χ1) is 13.6. The summed E-state index contributed by atoms with van der Waals surface area (Å²) in [5, 5.41) is 10.3. The minimum Gasteiger partial charge on any atom is -0.465 e. The molecule has 0 amide bonds. The first kappa shape index (κ1) is 25.0. The van der Waals surface area contributed by atoms with Gasteiger partial charge in [-0.15, -0.1) is 11.8 Å². The van der Waals surface area contributed by atoms with Crippen LogP contribution in [0.2, 0.25) is 0 Å². The SMILES string of the molecule is CCCCCCCCC#CCCCCCCC(C)C(O)CCC1CCOC1=O. The molecule has 3 heteroatoms. The summed E-state index contributed by atoms with van der Waals surface area (Å²) in [4.78, 5) is 11.5. The summed E-state index contributed by atoms with van der Waals surface area (Å²) >= 11 is 0. The van der Waals surface area contributed by atoms with Crippen LogP contribution in [0.3, 0.4) is 0 Å². The predicted molar refractivity (Wildman–Crippen MR) is 117 cm³/mol. The predicted octanol–water partition coefficient (Wildman–Crippen LogP) is 6.42. The molecule has 1 N–H and O–H groups in total. The van der Waals surface area contributed by atoms with Gasteiger partial charge in [0.15, 0.2) is 0 Å². The molecule has 0 aromatic heterocycles. The van der Waals surface area contributed by atoms with Gasteiger partial charge in [-0.1, -0.05) is 65.2 Å². The van der Waals surface area contributed by atoms with Crippen molar-refractivity contribution in [2.45, 2.75) is 123 Å². The standard InChI is InChI=1S/C25H44O3/c1-3-4-5-6-7-8-9-10-11-12-13-14-15-16-17-22(2)24(26)19-18-23-20-21-28-25(23)27/h22-24,26H,3-9,12-21H2,1-2H3. The maximum Gasteiger partial charge on any atom is 0.309 e. The Balaban J connectivity index is 1.89. The fourth-order valence-corrected chi connectivity index (χ4v) is 3.85. The van der Waals surface area contributed by atoms with E-state index in [1.54, 1.807) is 0 Å². The number of aliphatic hydroxyl groups is 1. The fourth-order valence-electron chi connectivity index (χ4n) is 3.85. The number of esters is 1. The van der Waals surface area contributed by atoms with E-state index in [0.717, 1.165) is 38.5 Å². The molecule has 1 fully saturated rings. The summed E-state index contributed by atoms with van der Waals surface area (Å²) in [5.74, 6) is 6.91. The average Bonchev–Trinajstić information content (AvgIpc) is 3.11. The van der Waals surface area contributed by atoms with Crippen molar-refractivity contribution >= 4 is 5.97 Å². The molecular formula is C25H44O3. The molecule has 0 bridgehead atoms. The van der Waals surface area contributed by atoms with Crippen molar-refractivity contribution in [3.05, 3.63) is 0 Å². The highest BCUT2D eigenvalue weighted by Gasteiger charge is 2.27. The number of hydrogen-bond acceptors (Lipinski definition) is 3. The van der Waals surface area contributed by atoms with Gasteiger partial charge in [0.2, 0.25) is 0 Å². The zero-order chi connectivity index (χ0) is 20.5. The molecule has 1 aliphatic heterocycles. The van der Waals surface area contributed by atoms with Gasteiger partial charge in [0, 0.05) is 12.8 Å². The van der Waals surface area contributed by atoms with Crippen LogP contribution in [0.15, 0.2) is 0 Å². The van der Waals surface area contributed by atoms with Crippen LogP contribution in [0.4, 0.5) is 0 Å². The van der Waals surface area contributed by atoms with Crippen molar-refractivity contribution in [2.24, 2.45) is 11.8 Å². The smallest absolute Gasteiger partial charge is 0.309 e. The van der Waals surface area contributed by atoms with Crippen LogP contribution in [0.25, 0.3) is 0 Å². The zero-order valence-electron chi connectivity index (χ0n) is 18.5. The molecule has 0 radical (unpaired) electrons. The van der Waals surface area contributed by atoms with Crippen molar-refractivity contribution < 1.29 is 14.6 Å². The maximum atomic E-state index is 11.5. The molecule has 0 aromatic carbocycles. The van der Waals surface area contributed by atoms with E-state index in [0.29, 0.717) is 12.5 Å². The largest absolute Gasteiger partial charge is 0.465 e. The van der Waals surface area contributed by atoms with Crippen LogP contribution in [0, 0.1) is 23.7 Å². The molecule has 0 saturated carbocycles. The number of carbonyl (C=O) groups excluding carboxylic acids is 1. The Kier molecular flexibility index (Phi) is 15.1. The highest BCUT2D eigenvalue weighted by molar-refractivity contribution is 5.73. The molecule has 3 nitrogen and oxygen atoms in total. The Morgan fingerprint density at radius 1 is 0.964 bits per heavy atom. The van der Waals surface area contributed by atoms with Crippen LogP contribution < -0.4 is 0 Å². The minimum atomic E-state index is -0.291. The Morgan fingerprint density at radius 2 is 1.57 bits per heavy atom. The summed E-state index contributed by atoms with van der Waals surface area (Å²) in [7, 11) is 0. The van der Waals surface area contributed by atoms with Gasteiger partial charge >= 0.3 is 5.97 Å². The average molecular weight is 393 g/mol. The van der Waals surface area contributed by atoms with Crippen LogP contribution in [0.1, 0.15) is 117 Å². The molecule has 1 heterocycles. The summed E-state index contributed by atoms with van der Waals surface area (Å²) < 4.78 is 4.98. The van der Waals surface area contributed by atoms with Crippen LogP contribution in [-0.2, 0) is 9.53 Å². The molecule has 1 aliphatic rings. The summed E-state index contributed by atoms with van der Waals surface area (Å²) in [6.45, 7) is 4.94. The van der Waals surface area contributed by atoms with Gasteiger partial charge in [0.05, 0.1) is 18.6 Å². The normalized spacial score (nSPS) is 18.4. The molecule has 0 aromatic rings. The van der Waals surface area contributed by atoms with Gasteiger partial charge in [0.25, 0.3) is 0 Å². The third-order valence-electron chi connectivity index (χ3n) is 6.00. The van der Waals surface area contributed by atoms with E-state index in [1.807, 2.05) is 0 Å². The second-order valence-electron chi connectivity index (χ2n) is 8.60. The highest BCUT2D eigenvalue weighted by atomic mass is 16.5. The van der Waals surface area contributed by atoms with Gasteiger partial charge in [-0.05, 0) is 44.4 Å².